The average molecular weight is 412 g/mol. The van der Waals surface area contributed by atoms with E-state index >= 15 is 0 Å². The van der Waals surface area contributed by atoms with Crippen LogP contribution in [0.1, 0.15) is 28.8 Å². The van der Waals surface area contributed by atoms with E-state index in [4.69, 9.17) is 0 Å². The van der Waals surface area contributed by atoms with Gasteiger partial charge in [0.15, 0.2) is 0 Å². The molecule has 1 fully saturated rings. The third-order valence-corrected chi connectivity index (χ3v) is 6.89. The second-order valence-corrected chi connectivity index (χ2v) is 8.78. The number of aryl methyl sites for hydroxylation is 1. The fourth-order valence-corrected chi connectivity index (χ4v) is 5.20. The summed E-state index contributed by atoms with van der Waals surface area (Å²) in [7, 11) is -3.81. The normalized spacial score (nSPS) is 21.0. The summed E-state index contributed by atoms with van der Waals surface area (Å²) in [6.07, 6.45) is 0. The molecule has 0 aromatic heterocycles. The van der Waals surface area contributed by atoms with E-state index in [0.717, 1.165) is 5.56 Å². The molecule has 8 heteroatoms. The van der Waals surface area contributed by atoms with Crippen LogP contribution in [0.5, 0.6) is 0 Å². The topological polar surface area (TPSA) is 80.3 Å². The predicted octanol–water partition coefficient (Wildman–Crippen LogP) is 4.53. The van der Waals surface area contributed by atoms with E-state index in [9.17, 15) is 22.9 Å². The van der Waals surface area contributed by atoms with Crippen molar-refractivity contribution in [2.24, 2.45) is 0 Å². The first-order valence-corrected chi connectivity index (χ1v) is 10.3. The fourth-order valence-electron chi connectivity index (χ4n) is 3.45. The Hall–Kier alpha value is -3.10. The van der Waals surface area contributed by atoms with Crippen LogP contribution in [0.4, 0.5) is 10.1 Å². The van der Waals surface area contributed by atoms with Crippen molar-refractivity contribution in [3.63, 3.8) is 0 Å². The first kappa shape index (κ1) is 19.2. The summed E-state index contributed by atoms with van der Waals surface area (Å²) in [5, 5.41) is 10.9. The summed E-state index contributed by atoms with van der Waals surface area (Å²) >= 11 is 0. The molecule has 0 saturated carbocycles. The van der Waals surface area contributed by atoms with E-state index < -0.39 is 32.8 Å². The van der Waals surface area contributed by atoms with Crippen molar-refractivity contribution in [3.8, 4) is 0 Å². The zero-order valence-corrected chi connectivity index (χ0v) is 16.2. The smallest absolute Gasteiger partial charge is 0.258 e. The van der Waals surface area contributed by atoms with Gasteiger partial charge in [0.2, 0.25) is 10.0 Å². The van der Waals surface area contributed by atoms with Gasteiger partial charge in [-0.25, -0.2) is 12.8 Å². The maximum Gasteiger partial charge on any atom is 0.269 e. The van der Waals surface area contributed by atoms with E-state index in [1.165, 1.54) is 28.6 Å². The molecular weight excluding hydrogens is 395 g/mol. The summed E-state index contributed by atoms with van der Waals surface area (Å²) in [5.74, 6) is -0.408. The first-order chi connectivity index (χ1) is 13.8. The van der Waals surface area contributed by atoms with E-state index in [0.29, 0.717) is 11.1 Å². The number of benzene rings is 3. The molecule has 3 atom stereocenters. The van der Waals surface area contributed by atoms with Crippen LogP contribution in [0.2, 0.25) is 0 Å². The number of rotatable bonds is 5. The lowest BCUT2D eigenvalue weighted by molar-refractivity contribution is -0.384. The zero-order valence-electron chi connectivity index (χ0n) is 15.4. The first-order valence-electron chi connectivity index (χ1n) is 8.89. The molecule has 0 radical (unpaired) electrons. The minimum Gasteiger partial charge on any atom is -0.258 e. The van der Waals surface area contributed by atoms with Gasteiger partial charge in [-0.2, -0.15) is 4.31 Å². The fraction of sp³-hybridized carbons (Fsp3) is 0.143. The molecule has 29 heavy (non-hydrogen) atoms. The van der Waals surface area contributed by atoms with Crippen LogP contribution < -0.4 is 0 Å². The van der Waals surface area contributed by atoms with Crippen molar-refractivity contribution < 1.29 is 17.7 Å². The van der Waals surface area contributed by atoms with E-state index in [-0.39, 0.29) is 10.6 Å². The monoisotopic (exact) mass is 412 g/mol. The Labute approximate surface area is 167 Å². The Kier molecular flexibility index (Phi) is 4.68. The maximum absolute atomic E-state index is 13.3. The van der Waals surface area contributed by atoms with Crippen molar-refractivity contribution in [2.45, 2.75) is 23.9 Å². The highest BCUT2D eigenvalue weighted by Gasteiger charge is 2.57. The number of halogens is 1. The van der Waals surface area contributed by atoms with E-state index in [2.05, 4.69) is 0 Å². The minimum absolute atomic E-state index is 0.0688. The van der Waals surface area contributed by atoms with Crippen LogP contribution in [-0.4, -0.2) is 17.6 Å². The number of sulfonamides is 1. The highest BCUT2D eigenvalue weighted by molar-refractivity contribution is 7.89. The molecule has 148 valence electrons. The largest absolute Gasteiger partial charge is 0.269 e. The lowest BCUT2D eigenvalue weighted by Crippen LogP contribution is -2.13. The van der Waals surface area contributed by atoms with Gasteiger partial charge in [-0.3, -0.25) is 10.1 Å². The molecule has 3 aromatic rings. The molecule has 1 aliphatic heterocycles. The summed E-state index contributed by atoms with van der Waals surface area (Å²) in [4.78, 5) is 10.6. The molecule has 0 bridgehead atoms. The molecule has 6 nitrogen and oxygen atoms in total. The van der Waals surface area contributed by atoms with Gasteiger partial charge in [0.25, 0.3) is 5.69 Å². The second kappa shape index (κ2) is 7.06. The van der Waals surface area contributed by atoms with Gasteiger partial charge in [-0.15, -0.1) is 0 Å². The Morgan fingerprint density at radius 1 is 0.862 bits per heavy atom. The lowest BCUT2D eigenvalue weighted by atomic mass is 10.0. The molecule has 0 amide bonds. The standard InChI is InChI=1S/C21H17FN2O4S/c1-14-2-12-19(13-3-14)29(27,28)23-20(15-4-8-17(22)9-5-15)21(23)16-6-10-18(11-7-16)24(25)26/h2-13,20-21H,1H3/t20-,21+,23?/m1/s1. The number of hydrogen-bond acceptors (Lipinski definition) is 4. The third-order valence-electron chi connectivity index (χ3n) is 5.01. The Balaban J connectivity index is 1.75. The summed E-state index contributed by atoms with van der Waals surface area (Å²) in [6, 6.07) is 17.0. The number of nitro groups is 1. The molecule has 0 aliphatic carbocycles. The van der Waals surface area contributed by atoms with Crippen molar-refractivity contribution in [1.29, 1.82) is 0 Å². The summed E-state index contributed by atoms with van der Waals surface area (Å²) < 4.78 is 41.2. The summed E-state index contributed by atoms with van der Waals surface area (Å²) in [6.45, 7) is 1.87. The number of nitro benzene ring substituents is 1. The van der Waals surface area contributed by atoms with Gasteiger partial charge >= 0.3 is 0 Å². The highest BCUT2D eigenvalue weighted by atomic mass is 32.2. The second-order valence-electron chi connectivity index (χ2n) is 6.94. The number of hydrogen-bond donors (Lipinski definition) is 0. The third kappa shape index (κ3) is 3.52. The van der Waals surface area contributed by atoms with Crippen LogP contribution in [0, 0.1) is 22.9 Å². The summed E-state index contributed by atoms with van der Waals surface area (Å²) in [5.41, 5.74) is 2.17. The molecule has 0 N–H and O–H groups in total. The van der Waals surface area contributed by atoms with E-state index in [1.807, 2.05) is 6.92 Å². The van der Waals surface area contributed by atoms with Crippen molar-refractivity contribution in [1.82, 2.24) is 4.31 Å². The molecule has 4 rings (SSSR count). The maximum atomic E-state index is 13.3. The van der Waals surface area contributed by atoms with Gasteiger partial charge < -0.3 is 0 Å². The van der Waals surface area contributed by atoms with E-state index in [1.54, 1.807) is 48.5 Å². The molecule has 1 saturated heterocycles. The molecule has 3 aromatic carbocycles. The van der Waals surface area contributed by atoms with Crippen LogP contribution in [0.25, 0.3) is 0 Å². The van der Waals surface area contributed by atoms with Gasteiger partial charge in [-0.05, 0) is 42.3 Å². The Morgan fingerprint density at radius 2 is 1.34 bits per heavy atom. The highest BCUT2D eigenvalue weighted by Crippen LogP contribution is 2.57. The van der Waals surface area contributed by atoms with Crippen LogP contribution >= 0.6 is 0 Å². The molecule has 1 heterocycles. The van der Waals surface area contributed by atoms with Gasteiger partial charge in [0.05, 0.1) is 21.9 Å². The number of nitrogens with zero attached hydrogens (tertiary/aromatic N) is 2. The van der Waals surface area contributed by atoms with Gasteiger partial charge in [0, 0.05) is 12.1 Å². The van der Waals surface area contributed by atoms with Gasteiger partial charge in [0.1, 0.15) is 5.82 Å². The van der Waals surface area contributed by atoms with Crippen LogP contribution in [0.3, 0.4) is 0 Å². The molecule has 0 spiro atoms. The predicted molar refractivity (Wildman–Crippen MR) is 105 cm³/mol. The zero-order chi connectivity index (χ0) is 20.8. The van der Waals surface area contributed by atoms with Crippen molar-refractivity contribution in [2.75, 3.05) is 0 Å². The Bertz CT molecular complexity index is 1160. The average Bonchev–Trinajstić information content (AvgIpc) is 3.45. The van der Waals surface area contributed by atoms with Crippen molar-refractivity contribution >= 4 is 15.7 Å². The lowest BCUT2D eigenvalue weighted by Gasteiger charge is -2.07. The minimum atomic E-state index is -3.81. The number of non-ortho nitro benzene ring substituents is 1. The van der Waals surface area contributed by atoms with Gasteiger partial charge in [-0.1, -0.05) is 42.0 Å². The SMILES string of the molecule is Cc1ccc(S(=O)(=O)N2[C@H](c3ccc(F)cc3)[C@@H]2c2ccc([N+](=O)[O-])cc2)cc1. The molecule has 1 unspecified atom stereocenters. The van der Waals surface area contributed by atoms with Crippen molar-refractivity contribution in [3.05, 3.63) is 105 Å². The van der Waals surface area contributed by atoms with Crippen LogP contribution in [0.15, 0.2) is 77.7 Å². The quantitative estimate of drug-likeness (QED) is 0.350. The van der Waals surface area contributed by atoms with Crippen LogP contribution in [-0.2, 0) is 10.0 Å². The molecule has 1 aliphatic rings. The molecular formula is C21H17FN2O4S. The Morgan fingerprint density at radius 3 is 1.83 bits per heavy atom.